The predicted octanol–water partition coefficient (Wildman–Crippen LogP) is 2.95. The molecule has 0 unspecified atom stereocenters. The molecule has 36 heavy (non-hydrogen) atoms. The van der Waals surface area contributed by atoms with Gasteiger partial charge in [0.15, 0.2) is 5.13 Å². The Labute approximate surface area is 206 Å². The third-order valence-corrected chi connectivity index (χ3v) is 7.29. The van der Waals surface area contributed by atoms with Crippen molar-refractivity contribution in [3.05, 3.63) is 68.5 Å². The number of carboxylic acid groups (broad SMARTS) is 1. The number of carboxylic acids is 1. The van der Waals surface area contributed by atoms with Gasteiger partial charge in [-0.2, -0.15) is 28.4 Å². The maximum absolute atomic E-state index is 13.9. The second kappa shape index (κ2) is 8.94. The second-order valence-corrected chi connectivity index (χ2v) is 9.26. The first-order chi connectivity index (χ1) is 17.2. The highest BCUT2D eigenvalue weighted by atomic mass is 32.1. The molecule has 1 aromatic heterocycles. The number of rotatable bonds is 6. The fourth-order valence-electron chi connectivity index (χ4n) is 4.19. The summed E-state index contributed by atoms with van der Waals surface area (Å²) in [5, 5.41) is 29.5. The Morgan fingerprint density at radius 3 is 2.72 bits per heavy atom. The third kappa shape index (κ3) is 4.28. The van der Waals surface area contributed by atoms with Gasteiger partial charge in [0.1, 0.15) is 11.8 Å². The standard InChI is InChI=1S/C24H19F3N4O4S/c1-35-15-4-2-13(17(10-15)24(25,26)27)9-16(12-3-5-18-14(8-12)11-28-30-18)20-21(32)29-23(36-20)31-7-6-19(31)22(33)34/h2-5,8,10-11,19,32H,6-7,9H2,1H3,(H,33,34)/t19-/m0/s1. The van der Waals surface area contributed by atoms with Crippen LogP contribution in [0.4, 0.5) is 18.3 Å². The van der Waals surface area contributed by atoms with Crippen LogP contribution in [0, 0.1) is 0 Å². The summed E-state index contributed by atoms with van der Waals surface area (Å²) in [6, 6.07) is 8.12. The molecule has 0 radical (unpaired) electrons. The number of halogens is 3. The number of alkyl halides is 3. The molecule has 12 heteroatoms. The maximum atomic E-state index is 13.9. The SMILES string of the molecule is COc1ccc(CC(c2sc(N3CC[C@H]3C(=O)O)nc2O)=c2ccc3c(c2)C=NN=3)c(C(F)(F)F)c1. The van der Waals surface area contributed by atoms with Crippen LogP contribution < -0.4 is 20.2 Å². The van der Waals surface area contributed by atoms with Crippen LogP contribution in [0.2, 0.25) is 0 Å². The number of hydrogen-bond acceptors (Lipinski definition) is 8. The first-order valence-corrected chi connectivity index (χ1v) is 11.7. The average molecular weight is 517 g/mol. The van der Waals surface area contributed by atoms with Gasteiger partial charge in [0.2, 0.25) is 5.88 Å². The molecule has 0 bridgehead atoms. The Kier molecular flexibility index (Phi) is 5.91. The minimum absolute atomic E-state index is 0.0149. The van der Waals surface area contributed by atoms with Gasteiger partial charge < -0.3 is 19.8 Å². The van der Waals surface area contributed by atoms with E-state index in [0.29, 0.717) is 39.8 Å². The zero-order chi connectivity index (χ0) is 25.6. The number of benzene rings is 2. The quantitative estimate of drug-likeness (QED) is 0.522. The topological polar surface area (TPSA) is 108 Å². The maximum Gasteiger partial charge on any atom is 0.416 e. The van der Waals surface area contributed by atoms with Crippen LogP contribution in [-0.2, 0) is 17.4 Å². The number of thiazole rings is 1. The zero-order valence-electron chi connectivity index (χ0n) is 18.8. The molecule has 8 nitrogen and oxygen atoms in total. The Bertz CT molecular complexity index is 1520. The molecule has 5 rings (SSSR count). The molecule has 2 aliphatic heterocycles. The number of hydrogen-bond donors (Lipinski definition) is 2. The number of ether oxygens (including phenoxy) is 1. The Hall–Kier alpha value is -3.93. The minimum atomic E-state index is -4.63. The molecule has 1 atom stereocenters. The van der Waals surface area contributed by atoms with E-state index in [1.165, 1.54) is 19.2 Å². The lowest BCUT2D eigenvalue weighted by Crippen LogP contribution is -2.52. The van der Waals surface area contributed by atoms with Crippen molar-refractivity contribution in [3.8, 4) is 11.6 Å². The molecule has 0 amide bonds. The molecule has 1 saturated heterocycles. The first-order valence-electron chi connectivity index (χ1n) is 10.8. The van der Waals surface area contributed by atoms with E-state index in [1.807, 2.05) is 0 Å². The molecule has 2 aliphatic rings. The summed E-state index contributed by atoms with van der Waals surface area (Å²) >= 11 is 1.04. The Balaban J connectivity index is 1.67. The van der Waals surface area contributed by atoms with E-state index >= 15 is 0 Å². The van der Waals surface area contributed by atoms with Crippen molar-refractivity contribution in [2.24, 2.45) is 10.2 Å². The van der Waals surface area contributed by atoms with Crippen LogP contribution in [0.1, 0.15) is 28.0 Å². The smallest absolute Gasteiger partial charge is 0.416 e. The number of aromatic hydroxyl groups is 1. The number of nitrogens with zero attached hydrogens (tertiary/aromatic N) is 4. The predicted molar refractivity (Wildman–Crippen MR) is 126 cm³/mol. The van der Waals surface area contributed by atoms with Crippen LogP contribution >= 0.6 is 11.3 Å². The van der Waals surface area contributed by atoms with E-state index in [2.05, 4.69) is 15.2 Å². The van der Waals surface area contributed by atoms with Gasteiger partial charge in [-0.1, -0.05) is 23.5 Å². The summed E-state index contributed by atoms with van der Waals surface area (Å²) in [6.07, 6.45) is -2.83. The second-order valence-electron chi connectivity index (χ2n) is 8.28. The third-order valence-electron chi connectivity index (χ3n) is 6.15. The lowest BCUT2D eigenvalue weighted by atomic mass is 9.96. The van der Waals surface area contributed by atoms with Gasteiger partial charge in [0.25, 0.3) is 0 Å². The van der Waals surface area contributed by atoms with Crippen LogP contribution in [0.3, 0.4) is 0 Å². The van der Waals surface area contributed by atoms with Crippen molar-refractivity contribution < 1.29 is 32.9 Å². The van der Waals surface area contributed by atoms with Gasteiger partial charge in [0, 0.05) is 18.5 Å². The van der Waals surface area contributed by atoms with Crippen LogP contribution in [-0.4, -0.2) is 47.1 Å². The highest BCUT2D eigenvalue weighted by Gasteiger charge is 2.37. The fourth-order valence-corrected chi connectivity index (χ4v) is 5.29. The van der Waals surface area contributed by atoms with Gasteiger partial charge in [0.05, 0.1) is 29.1 Å². The van der Waals surface area contributed by atoms with E-state index in [9.17, 15) is 28.2 Å². The highest BCUT2D eigenvalue weighted by molar-refractivity contribution is 7.17. The summed E-state index contributed by atoms with van der Waals surface area (Å²) in [4.78, 5) is 17.4. The van der Waals surface area contributed by atoms with Crippen molar-refractivity contribution in [1.82, 2.24) is 4.98 Å². The molecule has 0 saturated carbocycles. The number of anilines is 1. The lowest BCUT2D eigenvalue weighted by molar-refractivity contribution is -0.140. The summed E-state index contributed by atoms with van der Waals surface area (Å²) in [7, 11) is 1.29. The van der Waals surface area contributed by atoms with Gasteiger partial charge in [-0.05, 0) is 47.0 Å². The van der Waals surface area contributed by atoms with Crippen molar-refractivity contribution in [3.63, 3.8) is 0 Å². The van der Waals surface area contributed by atoms with Gasteiger partial charge >= 0.3 is 12.1 Å². The molecular formula is C24H19F3N4O4S. The van der Waals surface area contributed by atoms with Crippen LogP contribution in [0.15, 0.2) is 46.6 Å². The van der Waals surface area contributed by atoms with Crippen molar-refractivity contribution in [2.45, 2.75) is 25.1 Å². The molecule has 1 fully saturated rings. The fraction of sp³-hybridized carbons (Fsp3) is 0.250. The summed E-state index contributed by atoms with van der Waals surface area (Å²) < 4.78 is 46.8. The Morgan fingerprint density at radius 1 is 1.25 bits per heavy atom. The number of carbonyl (C=O) groups is 1. The van der Waals surface area contributed by atoms with Crippen molar-refractivity contribution >= 4 is 34.2 Å². The molecule has 0 spiro atoms. The summed E-state index contributed by atoms with van der Waals surface area (Å²) in [5.74, 6) is -1.30. The molecule has 0 aliphatic carbocycles. The van der Waals surface area contributed by atoms with Crippen molar-refractivity contribution in [1.29, 1.82) is 0 Å². The van der Waals surface area contributed by atoms with Crippen LogP contribution in [0.5, 0.6) is 11.6 Å². The van der Waals surface area contributed by atoms with E-state index < -0.39 is 23.8 Å². The normalized spacial score (nSPS) is 17.3. The van der Waals surface area contributed by atoms with Crippen molar-refractivity contribution in [2.75, 3.05) is 18.6 Å². The van der Waals surface area contributed by atoms with Gasteiger partial charge in [-0.25, -0.2) is 4.79 Å². The molecule has 3 aromatic rings. The lowest BCUT2D eigenvalue weighted by Gasteiger charge is -2.37. The van der Waals surface area contributed by atoms with E-state index in [-0.39, 0.29) is 28.5 Å². The molecule has 2 N–H and O–H groups in total. The summed E-state index contributed by atoms with van der Waals surface area (Å²) in [5.41, 5.74) is 0.227. The van der Waals surface area contributed by atoms with E-state index in [1.54, 1.807) is 29.3 Å². The molecule has 3 heterocycles. The first kappa shape index (κ1) is 23.8. The largest absolute Gasteiger partial charge is 0.497 e. The summed E-state index contributed by atoms with van der Waals surface area (Å²) in [6.45, 7) is 0.451. The molecular weight excluding hydrogens is 497 g/mol. The zero-order valence-corrected chi connectivity index (χ0v) is 19.6. The van der Waals surface area contributed by atoms with Gasteiger partial charge in [-0.15, -0.1) is 0 Å². The molecule has 186 valence electrons. The van der Waals surface area contributed by atoms with E-state index in [4.69, 9.17) is 4.74 Å². The highest BCUT2D eigenvalue weighted by Crippen LogP contribution is 2.41. The molecule has 2 aromatic carbocycles. The Morgan fingerprint density at radius 2 is 2.06 bits per heavy atom. The number of aromatic nitrogens is 1. The number of fused-ring (bicyclic) bond motifs is 1. The number of methoxy groups -OCH3 is 1. The monoisotopic (exact) mass is 516 g/mol. The minimum Gasteiger partial charge on any atom is -0.497 e. The van der Waals surface area contributed by atoms with E-state index in [0.717, 1.165) is 17.4 Å². The van der Waals surface area contributed by atoms with Crippen LogP contribution in [0.25, 0.3) is 5.57 Å². The van der Waals surface area contributed by atoms with Gasteiger partial charge in [-0.3, -0.25) is 0 Å². The number of aliphatic carboxylic acids is 1. The average Bonchev–Trinajstić information content (AvgIpc) is 3.41.